The third-order valence-electron chi connectivity index (χ3n) is 4.25. The second-order valence-corrected chi connectivity index (χ2v) is 8.03. The first-order valence-electron chi connectivity index (χ1n) is 9.49. The Morgan fingerprint density at radius 2 is 2.17 bits per heavy atom. The number of hydrogen-bond acceptors (Lipinski definition) is 6. The lowest BCUT2D eigenvalue weighted by Gasteiger charge is -2.13. The van der Waals surface area contributed by atoms with Crippen molar-refractivity contribution in [2.24, 2.45) is 0 Å². The molecule has 1 aliphatic carbocycles. The molecule has 1 aromatic carbocycles. The molecule has 0 saturated heterocycles. The Bertz CT molecular complexity index is 961. The number of halogens is 1. The zero-order valence-corrected chi connectivity index (χ0v) is 17.6. The lowest BCUT2D eigenvalue weighted by Crippen LogP contribution is -2.41. The number of imide groups is 1. The van der Waals surface area contributed by atoms with Gasteiger partial charge >= 0.3 is 6.03 Å². The lowest BCUT2D eigenvalue weighted by molar-refractivity contribution is -0.117. The molecule has 1 aliphatic rings. The summed E-state index contributed by atoms with van der Waals surface area (Å²) in [5.41, 5.74) is 0.274. The number of benzene rings is 1. The highest BCUT2D eigenvalue weighted by atomic mass is 35.5. The molecule has 3 rings (SSSR count). The molecular formula is C19H23ClN4O4S. The van der Waals surface area contributed by atoms with E-state index >= 15 is 0 Å². The summed E-state index contributed by atoms with van der Waals surface area (Å²) in [6, 6.07) is 4.59. The number of rotatable bonds is 9. The third kappa shape index (κ3) is 6.19. The van der Waals surface area contributed by atoms with Gasteiger partial charge in [0.15, 0.2) is 5.16 Å². The molecule has 156 valence electrons. The van der Waals surface area contributed by atoms with Crippen molar-refractivity contribution in [1.82, 2.24) is 20.2 Å². The Labute approximate surface area is 177 Å². The van der Waals surface area contributed by atoms with Gasteiger partial charge in [-0.15, -0.1) is 0 Å². The zero-order chi connectivity index (χ0) is 20.8. The number of thioether (sulfide) groups is 1. The molecule has 1 saturated carbocycles. The summed E-state index contributed by atoms with van der Waals surface area (Å²) < 4.78 is 6.89. The molecule has 1 heterocycles. The first-order valence-corrected chi connectivity index (χ1v) is 10.8. The first-order chi connectivity index (χ1) is 14.0. The Kier molecular flexibility index (Phi) is 7.51. The van der Waals surface area contributed by atoms with Gasteiger partial charge in [0.05, 0.1) is 16.7 Å². The van der Waals surface area contributed by atoms with E-state index in [1.54, 1.807) is 18.2 Å². The molecule has 0 unspecified atom stereocenters. The molecule has 10 heteroatoms. The van der Waals surface area contributed by atoms with Crippen molar-refractivity contribution in [2.45, 2.75) is 43.9 Å². The number of urea groups is 1. The van der Waals surface area contributed by atoms with Gasteiger partial charge in [0.25, 0.3) is 5.56 Å². The van der Waals surface area contributed by atoms with Gasteiger partial charge in [-0.3, -0.25) is 19.5 Å². The van der Waals surface area contributed by atoms with Gasteiger partial charge in [-0.05, 0) is 44.4 Å². The molecule has 0 bridgehead atoms. The number of hydrogen-bond donors (Lipinski definition) is 2. The van der Waals surface area contributed by atoms with Gasteiger partial charge in [0, 0.05) is 30.8 Å². The van der Waals surface area contributed by atoms with Crippen LogP contribution in [0.4, 0.5) is 4.79 Å². The number of carbonyl (C=O) groups excluding carboxylic acids is 2. The minimum atomic E-state index is -0.495. The largest absolute Gasteiger partial charge is 0.382 e. The number of nitrogens with zero attached hydrogens (tertiary/aromatic N) is 2. The second-order valence-electron chi connectivity index (χ2n) is 6.65. The van der Waals surface area contributed by atoms with Crippen LogP contribution in [0.2, 0.25) is 5.02 Å². The molecular weight excluding hydrogens is 416 g/mol. The molecule has 2 aromatic rings. The van der Waals surface area contributed by atoms with Crippen molar-refractivity contribution in [3.63, 3.8) is 0 Å². The number of ether oxygens (including phenoxy) is 1. The van der Waals surface area contributed by atoms with Crippen molar-refractivity contribution in [2.75, 3.05) is 19.0 Å². The van der Waals surface area contributed by atoms with E-state index < -0.39 is 11.9 Å². The maximum atomic E-state index is 12.9. The fraction of sp³-hybridized carbons (Fsp3) is 0.474. The van der Waals surface area contributed by atoms with E-state index in [1.807, 2.05) is 6.92 Å². The molecule has 2 N–H and O–H groups in total. The zero-order valence-electron chi connectivity index (χ0n) is 16.1. The summed E-state index contributed by atoms with van der Waals surface area (Å²) in [6.45, 7) is 3.45. The first kappa shape index (κ1) is 21.6. The van der Waals surface area contributed by atoms with Gasteiger partial charge in [0.2, 0.25) is 5.91 Å². The van der Waals surface area contributed by atoms with Crippen LogP contribution < -0.4 is 16.2 Å². The van der Waals surface area contributed by atoms with Crippen molar-refractivity contribution in [3.05, 3.63) is 33.6 Å². The lowest BCUT2D eigenvalue weighted by atomic mass is 10.2. The van der Waals surface area contributed by atoms with Gasteiger partial charge < -0.3 is 10.1 Å². The van der Waals surface area contributed by atoms with Crippen LogP contribution in [0.25, 0.3) is 10.9 Å². The average Bonchev–Trinajstić information content (AvgIpc) is 3.48. The minimum absolute atomic E-state index is 0.0396. The minimum Gasteiger partial charge on any atom is -0.382 e. The molecule has 0 radical (unpaired) electrons. The SMILES string of the molecule is CCOCCCn1c(SCC(=O)NC(=O)NC2CC2)nc2cc(Cl)ccc2c1=O. The molecule has 0 spiro atoms. The van der Waals surface area contributed by atoms with E-state index in [9.17, 15) is 14.4 Å². The highest BCUT2D eigenvalue weighted by Gasteiger charge is 2.24. The van der Waals surface area contributed by atoms with Gasteiger partial charge in [-0.1, -0.05) is 23.4 Å². The van der Waals surface area contributed by atoms with E-state index in [1.165, 1.54) is 4.57 Å². The standard InChI is InChI=1S/C19H23ClN4O4S/c1-2-28-9-3-8-24-17(26)14-7-4-12(20)10-15(14)22-19(24)29-11-16(25)23-18(27)21-13-5-6-13/h4,7,10,13H,2-3,5-6,8-9,11H2,1H3,(H2,21,23,25,27). The maximum Gasteiger partial charge on any atom is 0.321 e. The van der Waals surface area contributed by atoms with E-state index in [0.717, 1.165) is 24.6 Å². The monoisotopic (exact) mass is 438 g/mol. The van der Waals surface area contributed by atoms with Crippen LogP contribution in [0.1, 0.15) is 26.2 Å². The van der Waals surface area contributed by atoms with E-state index in [2.05, 4.69) is 15.6 Å². The molecule has 29 heavy (non-hydrogen) atoms. The predicted octanol–water partition coefficient (Wildman–Crippen LogP) is 2.56. The summed E-state index contributed by atoms with van der Waals surface area (Å²) in [7, 11) is 0. The predicted molar refractivity (Wildman–Crippen MR) is 113 cm³/mol. The van der Waals surface area contributed by atoms with Crippen LogP contribution in [-0.2, 0) is 16.1 Å². The van der Waals surface area contributed by atoms with Crippen LogP contribution in [0, 0.1) is 0 Å². The Hall–Kier alpha value is -2.10. The molecule has 0 atom stereocenters. The number of aromatic nitrogens is 2. The van der Waals surface area contributed by atoms with E-state index in [4.69, 9.17) is 16.3 Å². The van der Waals surface area contributed by atoms with Crippen molar-refractivity contribution in [1.29, 1.82) is 0 Å². The number of amides is 3. The molecule has 8 nitrogen and oxygen atoms in total. The van der Waals surface area contributed by atoms with E-state index in [-0.39, 0.29) is 17.4 Å². The molecule has 0 aliphatic heterocycles. The number of fused-ring (bicyclic) bond motifs is 1. The number of carbonyl (C=O) groups is 2. The van der Waals surface area contributed by atoms with Gasteiger partial charge in [-0.25, -0.2) is 9.78 Å². The van der Waals surface area contributed by atoms with Crippen molar-refractivity contribution >= 4 is 46.2 Å². The highest BCUT2D eigenvalue weighted by Crippen LogP contribution is 2.21. The molecule has 3 amide bonds. The second kappa shape index (κ2) is 10.1. The summed E-state index contributed by atoms with van der Waals surface area (Å²) >= 11 is 7.14. The molecule has 1 aromatic heterocycles. The fourth-order valence-corrected chi connectivity index (χ4v) is 3.68. The van der Waals surface area contributed by atoms with Crippen LogP contribution in [0.5, 0.6) is 0 Å². The van der Waals surface area contributed by atoms with Crippen LogP contribution in [0.3, 0.4) is 0 Å². The molecule has 1 fully saturated rings. The number of nitrogens with one attached hydrogen (secondary N) is 2. The Morgan fingerprint density at radius 3 is 2.90 bits per heavy atom. The Morgan fingerprint density at radius 1 is 1.38 bits per heavy atom. The van der Waals surface area contributed by atoms with Crippen LogP contribution >= 0.6 is 23.4 Å². The smallest absolute Gasteiger partial charge is 0.321 e. The summed E-state index contributed by atoms with van der Waals surface area (Å²) in [6.07, 6.45) is 2.51. The summed E-state index contributed by atoms with van der Waals surface area (Å²) in [5.74, 6) is -0.489. The topological polar surface area (TPSA) is 102 Å². The highest BCUT2D eigenvalue weighted by molar-refractivity contribution is 7.99. The quantitative estimate of drug-likeness (QED) is 0.354. The fourth-order valence-electron chi connectivity index (χ4n) is 2.69. The van der Waals surface area contributed by atoms with Gasteiger partial charge in [-0.2, -0.15) is 0 Å². The summed E-state index contributed by atoms with van der Waals surface area (Å²) in [5, 5.41) is 6.33. The third-order valence-corrected chi connectivity index (χ3v) is 5.47. The van der Waals surface area contributed by atoms with Crippen molar-refractivity contribution in [3.8, 4) is 0 Å². The summed E-state index contributed by atoms with van der Waals surface area (Å²) in [4.78, 5) is 41.3. The maximum absolute atomic E-state index is 12.9. The normalized spacial score (nSPS) is 13.4. The van der Waals surface area contributed by atoms with Crippen molar-refractivity contribution < 1.29 is 14.3 Å². The van der Waals surface area contributed by atoms with Gasteiger partial charge in [0.1, 0.15) is 0 Å². The van der Waals surface area contributed by atoms with Crippen LogP contribution in [0.15, 0.2) is 28.2 Å². The van der Waals surface area contributed by atoms with E-state index in [0.29, 0.717) is 47.3 Å². The average molecular weight is 439 g/mol. The van der Waals surface area contributed by atoms with Crippen LogP contribution in [-0.4, -0.2) is 46.5 Å². The Balaban J connectivity index is 1.74.